The summed E-state index contributed by atoms with van der Waals surface area (Å²) in [7, 11) is 1.54. The number of carbonyl (C=O) groups excluding carboxylic acids is 1. The van der Waals surface area contributed by atoms with Gasteiger partial charge >= 0.3 is 5.97 Å². The van der Waals surface area contributed by atoms with Crippen molar-refractivity contribution in [2.75, 3.05) is 28.4 Å². The first-order valence-electron chi connectivity index (χ1n) is 8.45. The smallest absolute Gasteiger partial charge is 0.330 e. The van der Waals surface area contributed by atoms with Gasteiger partial charge in [-0.1, -0.05) is 23.7 Å². The Kier molecular flexibility index (Phi) is 7.66. The van der Waals surface area contributed by atoms with Crippen LogP contribution < -0.4 is 9.47 Å². The maximum atomic E-state index is 13.2. The third-order valence-corrected chi connectivity index (χ3v) is 6.15. The van der Waals surface area contributed by atoms with E-state index in [9.17, 15) is 13.2 Å². The molecule has 0 aromatic heterocycles. The molecule has 0 radical (unpaired) electrons. The summed E-state index contributed by atoms with van der Waals surface area (Å²) in [4.78, 5) is 11.3. The maximum absolute atomic E-state index is 13.2. The summed E-state index contributed by atoms with van der Waals surface area (Å²) < 4.78 is 42.8. The minimum Gasteiger partial charge on any atom is -0.493 e. The number of rotatable bonds is 8. The Labute approximate surface area is 175 Å². The zero-order chi connectivity index (χ0) is 21.6. The molecular weight excluding hydrogens is 418 g/mol. The van der Waals surface area contributed by atoms with Gasteiger partial charge in [0.1, 0.15) is 4.90 Å². The highest BCUT2D eigenvalue weighted by atomic mass is 35.5. The Morgan fingerprint density at radius 2 is 1.76 bits per heavy atom. The zero-order valence-electron chi connectivity index (χ0n) is 16.5. The van der Waals surface area contributed by atoms with Gasteiger partial charge in [0.05, 0.1) is 21.3 Å². The molecule has 7 nitrogen and oxygen atoms in total. The van der Waals surface area contributed by atoms with E-state index >= 15 is 0 Å². The molecule has 0 aliphatic heterocycles. The molecule has 156 valence electrons. The fourth-order valence-electron chi connectivity index (χ4n) is 2.57. The van der Waals surface area contributed by atoms with E-state index < -0.39 is 16.0 Å². The molecule has 0 aliphatic rings. The standard InChI is InChI=1S/C20H22ClNO6S/c1-22(13-14-5-8-16(21)9-6-14)29(24,25)18-12-15(7-10-19(23)27-3)11-17(26-2)20(18)28-4/h5-12H,13H2,1-4H3/b10-7+. The van der Waals surface area contributed by atoms with E-state index in [4.69, 9.17) is 21.1 Å². The second kappa shape index (κ2) is 9.78. The fraction of sp³-hybridized carbons (Fsp3) is 0.250. The van der Waals surface area contributed by atoms with Crippen molar-refractivity contribution in [1.29, 1.82) is 0 Å². The van der Waals surface area contributed by atoms with Gasteiger partial charge in [-0.15, -0.1) is 0 Å². The summed E-state index contributed by atoms with van der Waals surface area (Å²) in [6.45, 7) is 0.132. The molecule has 0 saturated carbocycles. The lowest BCUT2D eigenvalue weighted by molar-refractivity contribution is -0.134. The molecule has 2 rings (SSSR count). The largest absolute Gasteiger partial charge is 0.493 e. The predicted molar refractivity (Wildman–Crippen MR) is 111 cm³/mol. The highest BCUT2D eigenvalue weighted by Crippen LogP contribution is 2.37. The number of hydrogen-bond acceptors (Lipinski definition) is 6. The monoisotopic (exact) mass is 439 g/mol. The van der Waals surface area contributed by atoms with Crippen LogP contribution in [0.5, 0.6) is 11.5 Å². The highest BCUT2D eigenvalue weighted by molar-refractivity contribution is 7.89. The van der Waals surface area contributed by atoms with Crippen molar-refractivity contribution >= 4 is 33.7 Å². The van der Waals surface area contributed by atoms with Crippen molar-refractivity contribution in [3.63, 3.8) is 0 Å². The summed E-state index contributed by atoms with van der Waals surface area (Å²) >= 11 is 5.89. The number of carbonyl (C=O) groups is 1. The molecule has 2 aromatic rings. The molecule has 9 heteroatoms. The summed E-state index contributed by atoms with van der Waals surface area (Å²) in [5, 5.41) is 0.566. The maximum Gasteiger partial charge on any atom is 0.330 e. The first-order valence-corrected chi connectivity index (χ1v) is 10.3. The SMILES string of the molecule is COC(=O)/C=C/c1cc(OC)c(OC)c(S(=O)(=O)N(C)Cc2ccc(Cl)cc2)c1. The second-order valence-electron chi connectivity index (χ2n) is 6.00. The summed E-state index contributed by atoms with van der Waals surface area (Å²) in [6.07, 6.45) is 2.63. The first kappa shape index (κ1) is 22.7. The number of methoxy groups -OCH3 is 3. The quantitative estimate of drug-likeness (QED) is 0.463. The van der Waals surface area contributed by atoms with E-state index in [1.54, 1.807) is 30.3 Å². The van der Waals surface area contributed by atoms with Gasteiger partial charge in [0.15, 0.2) is 11.5 Å². The Morgan fingerprint density at radius 1 is 1.10 bits per heavy atom. The minimum atomic E-state index is -3.94. The Hall–Kier alpha value is -2.55. The van der Waals surface area contributed by atoms with Crippen LogP contribution in [0, 0.1) is 0 Å². The Bertz CT molecular complexity index is 1000. The average molecular weight is 440 g/mol. The topological polar surface area (TPSA) is 82.1 Å². The van der Waals surface area contributed by atoms with E-state index in [1.165, 1.54) is 50.9 Å². The van der Waals surface area contributed by atoms with Crippen molar-refractivity contribution in [1.82, 2.24) is 4.31 Å². The number of sulfonamides is 1. The van der Waals surface area contributed by atoms with Crippen molar-refractivity contribution in [3.8, 4) is 11.5 Å². The number of benzene rings is 2. The van der Waals surface area contributed by atoms with Gasteiger partial charge in [-0.3, -0.25) is 0 Å². The summed E-state index contributed by atoms with van der Waals surface area (Å²) in [5.74, 6) is -0.271. The van der Waals surface area contributed by atoms with Gasteiger partial charge in [-0.05, 0) is 41.5 Å². The van der Waals surface area contributed by atoms with Crippen LogP contribution in [-0.2, 0) is 26.1 Å². The number of ether oxygens (including phenoxy) is 3. The van der Waals surface area contributed by atoms with Gasteiger partial charge in [-0.25, -0.2) is 13.2 Å². The Balaban J connectivity index is 2.49. The molecule has 0 heterocycles. The molecule has 0 spiro atoms. The number of hydrogen-bond donors (Lipinski definition) is 0. The van der Waals surface area contributed by atoms with Gasteiger partial charge in [0, 0.05) is 24.7 Å². The normalized spacial score (nSPS) is 11.7. The van der Waals surface area contributed by atoms with Crippen LogP contribution in [0.25, 0.3) is 6.08 Å². The Morgan fingerprint density at radius 3 is 2.31 bits per heavy atom. The molecule has 0 N–H and O–H groups in total. The molecule has 29 heavy (non-hydrogen) atoms. The number of nitrogens with zero attached hydrogens (tertiary/aromatic N) is 1. The van der Waals surface area contributed by atoms with Crippen molar-refractivity contribution in [3.05, 3.63) is 58.6 Å². The van der Waals surface area contributed by atoms with Crippen molar-refractivity contribution in [2.24, 2.45) is 0 Å². The van der Waals surface area contributed by atoms with E-state index in [0.717, 1.165) is 5.56 Å². The predicted octanol–water partition coefficient (Wildman–Crippen LogP) is 3.36. The van der Waals surface area contributed by atoms with E-state index in [-0.39, 0.29) is 22.9 Å². The van der Waals surface area contributed by atoms with Gasteiger partial charge in [-0.2, -0.15) is 4.31 Å². The van der Waals surface area contributed by atoms with Crippen LogP contribution in [-0.4, -0.2) is 47.1 Å². The minimum absolute atomic E-state index is 0.0747. The van der Waals surface area contributed by atoms with E-state index in [0.29, 0.717) is 10.6 Å². The van der Waals surface area contributed by atoms with Crippen LogP contribution in [0.3, 0.4) is 0 Å². The first-order chi connectivity index (χ1) is 13.7. The van der Waals surface area contributed by atoms with Gasteiger partial charge < -0.3 is 14.2 Å². The van der Waals surface area contributed by atoms with Crippen LogP contribution in [0.4, 0.5) is 0 Å². The van der Waals surface area contributed by atoms with Crippen molar-refractivity contribution < 1.29 is 27.4 Å². The summed E-state index contributed by atoms with van der Waals surface area (Å²) in [6, 6.07) is 9.87. The van der Waals surface area contributed by atoms with E-state index in [1.807, 2.05) is 0 Å². The number of halogens is 1. The van der Waals surface area contributed by atoms with Crippen molar-refractivity contribution in [2.45, 2.75) is 11.4 Å². The third kappa shape index (κ3) is 5.50. The van der Waals surface area contributed by atoms with Crippen LogP contribution in [0.2, 0.25) is 5.02 Å². The molecule has 0 unspecified atom stereocenters. The highest BCUT2D eigenvalue weighted by Gasteiger charge is 2.28. The lowest BCUT2D eigenvalue weighted by Crippen LogP contribution is -2.27. The lowest BCUT2D eigenvalue weighted by Gasteiger charge is -2.20. The number of esters is 1. The molecule has 0 amide bonds. The van der Waals surface area contributed by atoms with Crippen LogP contribution in [0.1, 0.15) is 11.1 Å². The van der Waals surface area contributed by atoms with Crippen LogP contribution in [0.15, 0.2) is 47.4 Å². The van der Waals surface area contributed by atoms with Gasteiger partial charge in [0.2, 0.25) is 10.0 Å². The average Bonchev–Trinajstić information content (AvgIpc) is 2.72. The molecule has 0 atom stereocenters. The molecular formula is C20H22ClNO6S. The molecule has 2 aromatic carbocycles. The molecule has 0 fully saturated rings. The zero-order valence-corrected chi connectivity index (χ0v) is 18.1. The summed E-state index contributed by atoms with van der Waals surface area (Å²) in [5.41, 5.74) is 1.21. The van der Waals surface area contributed by atoms with E-state index in [2.05, 4.69) is 4.74 Å². The second-order valence-corrected chi connectivity index (χ2v) is 8.45. The third-order valence-electron chi connectivity index (χ3n) is 4.09. The molecule has 0 saturated heterocycles. The fourth-order valence-corrected chi connectivity index (χ4v) is 4.05. The van der Waals surface area contributed by atoms with Crippen LogP contribution >= 0.6 is 11.6 Å². The molecule has 0 aliphatic carbocycles. The lowest BCUT2D eigenvalue weighted by atomic mass is 10.2. The molecule has 0 bridgehead atoms. The van der Waals surface area contributed by atoms with Gasteiger partial charge in [0.25, 0.3) is 0 Å².